The molecule has 0 amide bonds. The van der Waals surface area contributed by atoms with Crippen LogP contribution in [0.4, 0.5) is 11.9 Å². The lowest BCUT2D eigenvalue weighted by Crippen LogP contribution is -2.17. The van der Waals surface area contributed by atoms with Crippen LogP contribution in [-0.2, 0) is 0 Å². The first kappa shape index (κ1) is 15.5. The summed E-state index contributed by atoms with van der Waals surface area (Å²) in [5, 5.41) is 6.62. The van der Waals surface area contributed by atoms with Gasteiger partial charge in [0.05, 0.1) is 6.04 Å². The van der Waals surface area contributed by atoms with Gasteiger partial charge >= 0.3 is 0 Å². The molecule has 1 aromatic heterocycles. The van der Waals surface area contributed by atoms with Crippen molar-refractivity contribution in [3.63, 3.8) is 0 Å². The van der Waals surface area contributed by atoms with Gasteiger partial charge in [0.15, 0.2) is 0 Å². The monoisotopic (exact) mass is 305 g/mol. The van der Waals surface area contributed by atoms with Gasteiger partial charge in [0, 0.05) is 6.04 Å². The van der Waals surface area contributed by atoms with E-state index in [0.29, 0.717) is 11.9 Å². The zero-order valence-corrected chi connectivity index (χ0v) is 13.2. The minimum absolute atomic E-state index is 0.0844. The summed E-state index contributed by atoms with van der Waals surface area (Å²) in [6.07, 6.45) is 0.979. The maximum absolute atomic E-state index is 5.96. The molecule has 21 heavy (non-hydrogen) atoms. The average Bonchev–Trinajstić information content (AvgIpc) is 2.47. The standard InChI is InChI=1S/C15H20ClN5/c1-4-10(2)17-14-19-13(16)20-15(21-14)18-11(3)12-8-6-5-7-9-12/h5-11H,4H2,1-3H3,(H2,17,18,19,20,21)/t10-,11+/m0/s1. The van der Waals surface area contributed by atoms with E-state index in [4.69, 9.17) is 11.6 Å². The van der Waals surface area contributed by atoms with Crippen molar-refractivity contribution in [2.45, 2.75) is 39.3 Å². The van der Waals surface area contributed by atoms with Crippen LogP contribution in [0.5, 0.6) is 0 Å². The van der Waals surface area contributed by atoms with Gasteiger partial charge in [-0.15, -0.1) is 0 Å². The molecule has 2 aromatic rings. The number of nitrogens with zero attached hydrogens (tertiary/aromatic N) is 3. The number of nitrogens with one attached hydrogen (secondary N) is 2. The minimum atomic E-state index is 0.0844. The van der Waals surface area contributed by atoms with E-state index < -0.39 is 0 Å². The fraction of sp³-hybridized carbons (Fsp3) is 0.400. The zero-order chi connectivity index (χ0) is 15.2. The number of rotatable bonds is 6. The van der Waals surface area contributed by atoms with Crippen molar-refractivity contribution >= 4 is 23.5 Å². The van der Waals surface area contributed by atoms with Crippen LogP contribution in [0.1, 0.15) is 38.8 Å². The summed E-state index contributed by atoms with van der Waals surface area (Å²) in [5.74, 6) is 0.962. The highest BCUT2D eigenvalue weighted by molar-refractivity contribution is 6.28. The first-order valence-electron chi connectivity index (χ1n) is 7.08. The molecule has 0 aliphatic heterocycles. The first-order chi connectivity index (χ1) is 10.1. The summed E-state index contributed by atoms with van der Waals surface area (Å²) >= 11 is 5.96. The molecule has 0 spiro atoms. The van der Waals surface area contributed by atoms with Crippen LogP contribution in [0.15, 0.2) is 30.3 Å². The molecule has 0 unspecified atom stereocenters. The van der Waals surface area contributed by atoms with Gasteiger partial charge in [-0.2, -0.15) is 15.0 Å². The van der Waals surface area contributed by atoms with Crippen molar-refractivity contribution in [2.24, 2.45) is 0 Å². The smallest absolute Gasteiger partial charge is 0.229 e. The molecule has 0 bridgehead atoms. The molecule has 1 heterocycles. The Morgan fingerprint density at radius 3 is 2.24 bits per heavy atom. The van der Waals surface area contributed by atoms with E-state index in [2.05, 4.69) is 58.5 Å². The van der Waals surface area contributed by atoms with Gasteiger partial charge in [0.25, 0.3) is 0 Å². The molecule has 0 radical (unpaired) electrons. The Morgan fingerprint density at radius 2 is 1.62 bits per heavy atom. The summed E-state index contributed by atoms with van der Waals surface area (Å²) in [6.45, 7) is 6.21. The molecule has 2 N–H and O–H groups in total. The number of benzene rings is 1. The van der Waals surface area contributed by atoms with E-state index in [1.165, 1.54) is 0 Å². The number of hydrogen-bond donors (Lipinski definition) is 2. The van der Waals surface area contributed by atoms with Gasteiger partial charge in [0.2, 0.25) is 17.2 Å². The van der Waals surface area contributed by atoms with Gasteiger partial charge in [-0.3, -0.25) is 0 Å². The average molecular weight is 306 g/mol. The highest BCUT2D eigenvalue weighted by Crippen LogP contribution is 2.18. The molecule has 0 aliphatic rings. The first-order valence-corrected chi connectivity index (χ1v) is 7.46. The van der Waals surface area contributed by atoms with Crippen LogP contribution in [0.25, 0.3) is 0 Å². The van der Waals surface area contributed by atoms with Crippen molar-refractivity contribution in [3.8, 4) is 0 Å². The Hall–Kier alpha value is -1.88. The number of aromatic nitrogens is 3. The third kappa shape index (κ3) is 4.56. The Kier molecular flexibility index (Phi) is 5.33. The molecular formula is C15H20ClN5. The second-order valence-corrected chi connectivity index (χ2v) is 5.32. The second kappa shape index (κ2) is 7.22. The van der Waals surface area contributed by atoms with Gasteiger partial charge in [-0.25, -0.2) is 0 Å². The molecule has 2 rings (SSSR count). The lowest BCUT2D eigenvalue weighted by atomic mass is 10.1. The predicted octanol–water partition coefficient (Wildman–Crippen LogP) is 3.91. The normalized spacial score (nSPS) is 13.5. The van der Waals surface area contributed by atoms with Gasteiger partial charge in [-0.05, 0) is 37.4 Å². The van der Waals surface area contributed by atoms with E-state index >= 15 is 0 Å². The topological polar surface area (TPSA) is 62.7 Å². The van der Waals surface area contributed by atoms with Crippen molar-refractivity contribution < 1.29 is 0 Å². The molecule has 6 heteroatoms. The van der Waals surface area contributed by atoms with E-state index in [-0.39, 0.29) is 17.4 Å². The molecule has 1 aromatic carbocycles. The molecule has 5 nitrogen and oxygen atoms in total. The largest absolute Gasteiger partial charge is 0.352 e. The van der Waals surface area contributed by atoms with Gasteiger partial charge < -0.3 is 10.6 Å². The van der Waals surface area contributed by atoms with E-state index in [1.807, 2.05) is 18.2 Å². The Balaban J connectivity index is 2.12. The Morgan fingerprint density at radius 1 is 1.00 bits per heavy atom. The molecule has 2 atom stereocenters. The highest BCUT2D eigenvalue weighted by atomic mass is 35.5. The fourth-order valence-electron chi connectivity index (χ4n) is 1.82. The molecule has 0 saturated carbocycles. The summed E-state index contributed by atoms with van der Waals surface area (Å²) in [5.41, 5.74) is 1.16. The highest BCUT2D eigenvalue weighted by Gasteiger charge is 2.10. The van der Waals surface area contributed by atoms with E-state index in [9.17, 15) is 0 Å². The summed E-state index contributed by atoms with van der Waals surface area (Å²) < 4.78 is 0. The number of hydrogen-bond acceptors (Lipinski definition) is 5. The van der Waals surface area contributed by atoms with Crippen LogP contribution in [0.2, 0.25) is 5.28 Å². The van der Waals surface area contributed by atoms with Crippen molar-refractivity contribution in [1.82, 2.24) is 15.0 Å². The maximum Gasteiger partial charge on any atom is 0.229 e. The van der Waals surface area contributed by atoms with Crippen LogP contribution in [0, 0.1) is 0 Å². The van der Waals surface area contributed by atoms with Crippen LogP contribution >= 0.6 is 11.6 Å². The van der Waals surface area contributed by atoms with Gasteiger partial charge in [-0.1, -0.05) is 37.3 Å². The quantitative estimate of drug-likeness (QED) is 0.847. The third-order valence-electron chi connectivity index (χ3n) is 3.24. The minimum Gasteiger partial charge on any atom is -0.352 e. The fourth-order valence-corrected chi connectivity index (χ4v) is 1.98. The van der Waals surface area contributed by atoms with E-state index in [1.54, 1.807) is 0 Å². The van der Waals surface area contributed by atoms with Crippen LogP contribution < -0.4 is 10.6 Å². The molecule has 0 saturated heterocycles. The van der Waals surface area contributed by atoms with Crippen molar-refractivity contribution in [1.29, 1.82) is 0 Å². The molecule has 112 valence electrons. The number of halogens is 1. The SMILES string of the molecule is CC[C@H](C)Nc1nc(Cl)nc(N[C@H](C)c2ccccc2)n1. The lowest BCUT2D eigenvalue weighted by Gasteiger charge is -2.16. The van der Waals surface area contributed by atoms with Crippen LogP contribution in [-0.4, -0.2) is 21.0 Å². The molecule has 0 aliphatic carbocycles. The van der Waals surface area contributed by atoms with Gasteiger partial charge in [0.1, 0.15) is 0 Å². The second-order valence-electron chi connectivity index (χ2n) is 4.98. The number of anilines is 2. The Bertz CT molecular complexity index is 576. The Labute approximate surface area is 130 Å². The van der Waals surface area contributed by atoms with E-state index in [0.717, 1.165) is 12.0 Å². The van der Waals surface area contributed by atoms with Crippen molar-refractivity contribution in [3.05, 3.63) is 41.2 Å². The summed E-state index contributed by atoms with van der Waals surface area (Å²) in [6, 6.07) is 10.5. The lowest BCUT2D eigenvalue weighted by molar-refractivity contribution is 0.749. The molecular weight excluding hydrogens is 286 g/mol. The third-order valence-corrected chi connectivity index (χ3v) is 3.41. The van der Waals surface area contributed by atoms with Crippen LogP contribution in [0.3, 0.4) is 0 Å². The molecule has 0 fully saturated rings. The zero-order valence-electron chi connectivity index (χ0n) is 12.5. The van der Waals surface area contributed by atoms with Crippen molar-refractivity contribution in [2.75, 3.05) is 10.6 Å². The predicted molar refractivity (Wildman–Crippen MR) is 86.7 cm³/mol. The summed E-state index contributed by atoms with van der Waals surface area (Å²) in [7, 11) is 0. The maximum atomic E-state index is 5.96. The summed E-state index contributed by atoms with van der Waals surface area (Å²) in [4.78, 5) is 12.6.